The molecule has 1 aromatic heterocycles. The number of pyridine rings is 1. The van der Waals surface area contributed by atoms with E-state index in [0.29, 0.717) is 0 Å². The number of carbonyl (C=O) groups excluding carboxylic acids is 1. The van der Waals surface area contributed by atoms with E-state index in [1.54, 1.807) is 24.2 Å². The minimum atomic E-state index is 0.109. The highest BCUT2D eigenvalue weighted by Gasteiger charge is 2.28. The number of hydrogen-bond acceptors (Lipinski definition) is 4. The first kappa shape index (κ1) is 19.5. The van der Waals surface area contributed by atoms with Crippen molar-refractivity contribution in [3.05, 3.63) is 48.8 Å². The van der Waals surface area contributed by atoms with Gasteiger partial charge in [-0.15, -0.1) is 11.8 Å². The second-order valence-corrected chi connectivity index (χ2v) is 7.44. The summed E-state index contributed by atoms with van der Waals surface area (Å²) in [5.74, 6) is 0.937. The predicted octanol–water partition coefficient (Wildman–Crippen LogP) is 4.68. The Morgan fingerprint density at radius 1 is 1.00 bits per heavy atom. The van der Waals surface area contributed by atoms with E-state index in [2.05, 4.69) is 23.4 Å². The molecule has 6 heteroatoms. The van der Waals surface area contributed by atoms with Gasteiger partial charge in [-0.3, -0.25) is 9.88 Å². The molecule has 0 radical (unpaired) electrons. The van der Waals surface area contributed by atoms with Gasteiger partial charge in [0.25, 0.3) is 0 Å². The van der Waals surface area contributed by atoms with Crippen molar-refractivity contribution in [2.45, 2.75) is 30.6 Å². The number of urea groups is 1. The largest absolute Gasteiger partial charge is 0.494 e. The lowest BCUT2D eigenvalue weighted by atomic mass is 10.2. The van der Waals surface area contributed by atoms with Gasteiger partial charge in [-0.2, -0.15) is 0 Å². The molecule has 0 bridgehead atoms. The lowest BCUT2D eigenvalue weighted by Gasteiger charge is -2.18. The normalized spacial score (nSPS) is 14.0. The van der Waals surface area contributed by atoms with Crippen molar-refractivity contribution in [3.8, 4) is 5.75 Å². The molecule has 1 saturated heterocycles. The zero-order valence-electron chi connectivity index (χ0n) is 15.8. The highest BCUT2D eigenvalue weighted by Crippen LogP contribution is 2.20. The lowest BCUT2D eigenvalue weighted by molar-refractivity contribution is 0.219. The van der Waals surface area contributed by atoms with Crippen LogP contribution in [0.5, 0.6) is 5.75 Å². The molecule has 27 heavy (non-hydrogen) atoms. The summed E-state index contributed by atoms with van der Waals surface area (Å²) >= 11 is 1.73. The molecule has 2 heterocycles. The second kappa shape index (κ2) is 10.2. The van der Waals surface area contributed by atoms with Crippen molar-refractivity contribution >= 4 is 23.5 Å². The van der Waals surface area contributed by atoms with Crippen LogP contribution in [0, 0.1) is 0 Å². The van der Waals surface area contributed by atoms with Gasteiger partial charge in [0.2, 0.25) is 0 Å². The Labute approximate surface area is 165 Å². The van der Waals surface area contributed by atoms with Crippen molar-refractivity contribution in [1.82, 2.24) is 9.88 Å². The number of nitrogens with zero attached hydrogens (tertiary/aromatic N) is 3. The average Bonchev–Trinajstić information content (AvgIpc) is 3.09. The Kier molecular flexibility index (Phi) is 7.39. The third-order valence-electron chi connectivity index (χ3n) is 4.72. The Bertz CT molecular complexity index is 709. The third kappa shape index (κ3) is 5.63. The first-order valence-corrected chi connectivity index (χ1v) is 10.7. The molecule has 1 aliphatic heterocycles. The summed E-state index contributed by atoms with van der Waals surface area (Å²) < 4.78 is 5.78. The Balaban J connectivity index is 1.27. The zero-order chi connectivity index (χ0) is 18.9. The Morgan fingerprint density at radius 2 is 1.74 bits per heavy atom. The van der Waals surface area contributed by atoms with Crippen molar-refractivity contribution in [2.24, 2.45) is 0 Å². The molecular formula is C21H27N3O2S. The number of amides is 2. The van der Waals surface area contributed by atoms with Gasteiger partial charge < -0.3 is 9.64 Å². The fourth-order valence-electron chi connectivity index (χ4n) is 3.17. The minimum Gasteiger partial charge on any atom is -0.494 e. The van der Waals surface area contributed by atoms with Gasteiger partial charge in [0.05, 0.1) is 6.61 Å². The maximum absolute atomic E-state index is 12.5. The van der Waals surface area contributed by atoms with Gasteiger partial charge in [0.1, 0.15) is 5.75 Å². The topological polar surface area (TPSA) is 45.7 Å². The summed E-state index contributed by atoms with van der Waals surface area (Å²) in [4.78, 5) is 21.5. The van der Waals surface area contributed by atoms with Crippen molar-refractivity contribution in [1.29, 1.82) is 0 Å². The highest BCUT2D eigenvalue weighted by atomic mass is 32.2. The lowest BCUT2D eigenvalue weighted by Crippen LogP contribution is -2.32. The number of benzene rings is 1. The van der Waals surface area contributed by atoms with Gasteiger partial charge in [-0.1, -0.05) is 12.8 Å². The number of thioether (sulfide) groups is 1. The summed E-state index contributed by atoms with van der Waals surface area (Å²) in [5.41, 5.74) is 0.931. The van der Waals surface area contributed by atoms with Crippen LogP contribution in [0.15, 0.2) is 53.7 Å². The van der Waals surface area contributed by atoms with Gasteiger partial charge in [0.15, 0.2) is 0 Å². The fourth-order valence-corrected chi connectivity index (χ4v) is 3.58. The van der Waals surface area contributed by atoms with E-state index in [1.165, 1.54) is 4.90 Å². The van der Waals surface area contributed by atoms with E-state index in [1.807, 2.05) is 34.1 Å². The van der Waals surface area contributed by atoms with Crippen LogP contribution in [0.4, 0.5) is 10.5 Å². The number of aromatic nitrogens is 1. The predicted molar refractivity (Wildman–Crippen MR) is 111 cm³/mol. The molecule has 0 aliphatic carbocycles. The standard InChI is InChI=1S/C21H27N3O2S/c1-27-20-8-6-19(7-9-20)26-17-5-3-2-4-14-23-15-16-24(21(23)25)18-10-12-22-13-11-18/h6-13H,2-5,14-17H2,1H3. The molecule has 5 nitrogen and oxygen atoms in total. The number of hydrogen-bond donors (Lipinski definition) is 0. The van der Waals surface area contributed by atoms with Crippen LogP contribution in [0.2, 0.25) is 0 Å². The van der Waals surface area contributed by atoms with Crippen LogP contribution in [0.3, 0.4) is 0 Å². The quantitative estimate of drug-likeness (QED) is 0.440. The van der Waals surface area contributed by atoms with Crippen LogP contribution >= 0.6 is 11.8 Å². The molecular weight excluding hydrogens is 358 g/mol. The molecule has 2 amide bonds. The van der Waals surface area contributed by atoms with Gasteiger partial charge in [0, 0.05) is 42.6 Å². The van der Waals surface area contributed by atoms with Crippen molar-refractivity contribution in [3.63, 3.8) is 0 Å². The van der Waals surface area contributed by atoms with Crippen LogP contribution in [-0.4, -0.2) is 48.4 Å². The molecule has 0 N–H and O–H groups in total. The zero-order valence-corrected chi connectivity index (χ0v) is 16.7. The molecule has 1 aliphatic rings. The van der Waals surface area contributed by atoms with Crippen molar-refractivity contribution in [2.75, 3.05) is 37.4 Å². The first-order chi connectivity index (χ1) is 13.3. The smallest absolute Gasteiger partial charge is 0.324 e. The summed E-state index contributed by atoms with van der Waals surface area (Å²) in [5, 5.41) is 0. The summed E-state index contributed by atoms with van der Waals surface area (Å²) in [6, 6.07) is 12.1. The fraction of sp³-hybridized carbons (Fsp3) is 0.429. The second-order valence-electron chi connectivity index (χ2n) is 6.56. The maximum Gasteiger partial charge on any atom is 0.324 e. The molecule has 0 spiro atoms. The van der Waals surface area contributed by atoms with E-state index in [9.17, 15) is 4.79 Å². The van der Waals surface area contributed by atoms with Crippen LogP contribution < -0.4 is 9.64 Å². The van der Waals surface area contributed by atoms with Crippen LogP contribution in [-0.2, 0) is 0 Å². The van der Waals surface area contributed by atoms with Crippen LogP contribution in [0.25, 0.3) is 0 Å². The van der Waals surface area contributed by atoms with E-state index >= 15 is 0 Å². The summed E-state index contributed by atoms with van der Waals surface area (Å²) in [6.07, 6.45) is 9.85. The molecule has 0 unspecified atom stereocenters. The third-order valence-corrected chi connectivity index (χ3v) is 5.46. The van der Waals surface area contributed by atoms with E-state index in [0.717, 1.165) is 63.4 Å². The number of carbonyl (C=O) groups is 1. The van der Waals surface area contributed by atoms with E-state index in [4.69, 9.17) is 4.74 Å². The molecule has 3 rings (SSSR count). The summed E-state index contributed by atoms with van der Waals surface area (Å²) in [6.45, 7) is 3.14. The molecule has 2 aromatic rings. The summed E-state index contributed by atoms with van der Waals surface area (Å²) in [7, 11) is 0. The number of anilines is 1. The molecule has 1 fully saturated rings. The molecule has 0 saturated carbocycles. The van der Waals surface area contributed by atoms with Crippen LogP contribution in [0.1, 0.15) is 25.7 Å². The van der Waals surface area contributed by atoms with Crippen molar-refractivity contribution < 1.29 is 9.53 Å². The maximum atomic E-state index is 12.5. The van der Waals surface area contributed by atoms with E-state index in [-0.39, 0.29) is 6.03 Å². The molecule has 144 valence electrons. The minimum absolute atomic E-state index is 0.109. The monoisotopic (exact) mass is 385 g/mol. The number of rotatable bonds is 10. The van der Waals surface area contributed by atoms with Gasteiger partial charge >= 0.3 is 6.03 Å². The number of unbranched alkanes of at least 4 members (excludes halogenated alkanes) is 3. The Morgan fingerprint density at radius 3 is 2.48 bits per heavy atom. The highest BCUT2D eigenvalue weighted by molar-refractivity contribution is 7.98. The SMILES string of the molecule is CSc1ccc(OCCCCCCN2CCN(c3ccncc3)C2=O)cc1. The van der Waals surface area contributed by atoms with E-state index < -0.39 is 0 Å². The molecule has 0 atom stereocenters. The number of ether oxygens (including phenoxy) is 1. The average molecular weight is 386 g/mol. The van der Waals surface area contributed by atoms with Gasteiger partial charge in [-0.25, -0.2) is 4.79 Å². The molecule has 1 aromatic carbocycles. The van der Waals surface area contributed by atoms with Gasteiger partial charge in [-0.05, 0) is 55.5 Å². The first-order valence-electron chi connectivity index (χ1n) is 9.51. The Hall–Kier alpha value is -2.21.